The van der Waals surface area contributed by atoms with E-state index < -0.39 is 12.0 Å². The van der Waals surface area contributed by atoms with Crippen molar-refractivity contribution in [2.24, 2.45) is 0 Å². The molecule has 2 aromatic heterocycles. The van der Waals surface area contributed by atoms with Gasteiger partial charge in [-0.3, -0.25) is 9.59 Å². The van der Waals surface area contributed by atoms with Crippen LogP contribution in [-0.4, -0.2) is 46.3 Å². The Kier molecular flexibility index (Phi) is 6.48. The molecule has 2 aromatic carbocycles. The Bertz CT molecular complexity index is 1290. The summed E-state index contributed by atoms with van der Waals surface area (Å²) >= 11 is 2.67. The van der Waals surface area contributed by atoms with Crippen molar-refractivity contribution in [3.63, 3.8) is 0 Å². The number of fused-ring (bicyclic) bond motifs is 1. The van der Waals surface area contributed by atoms with Gasteiger partial charge in [0.05, 0.1) is 18.6 Å². The van der Waals surface area contributed by atoms with Crippen molar-refractivity contribution in [3.8, 4) is 11.4 Å². The number of anilines is 1. The Labute approximate surface area is 205 Å². The van der Waals surface area contributed by atoms with Gasteiger partial charge in [-0.2, -0.15) is 9.36 Å². The van der Waals surface area contributed by atoms with Gasteiger partial charge >= 0.3 is 0 Å². The number of carbonyl (C=O) groups is 2. The number of amides is 2. The highest BCUT2D eigenvalue weighted by Gasteiger charge is 2.44. The van der Waals surface area contributed by atoms with Gasteiger partial charge in [-0.15, -0.1) is 11.3 Å². The molecule has 0 bridgehead atoms. The highest BCUT2D eigenvalue weighted by atomic mass is 32.1. The first-order valence-corrected chi connectivity index (χ1v) is 12.4. The first kappa shape index (κ1) is 22.4. The molecule has 2 unspecified atom stereocenters. The van der Waals surface area contributed by atoms with E-state index in [2.05, 4.69) is 14.7 Å². The number of aromatic nitrogens is 2. The Hall–Kier alpha value is -3.40. The third kappa shape index (κ3) is 4.25. The molecule has 2 atom stereocenters. The van der Waals surface area contributed by atoms with Crippen molar-refractivity contribution < 1.29 is 14.3 Å². The zero-order valence-corrected chi connectivity index (χ0v) is 20.0. The summed E-state index contributed by atoms with van der Waals surface area (Å²) in [5, 5.41) is 5.35. The number of benzene rings is 2. The summed E-state index contributed by atoms with van der Waals surface area (Å²) in [5.74, 6) is -0.362. The third-order valence-corrected chi connectivity index (χ3v) is 7.35. The van der Waals surface area contributed by atoms with E-state index in [0.29, 0.717) is 35.2 Å². The largest absolute Gasteiger partial charge is 0.383 e. The number of hydrogen-bond donors (Lipinski definition) is 1. The van der Waals surface area contributed by atoms with E-state index >= 15 is 0 Å². The monoisotopic (exact) mass is 490 g/mol. The van der Waals surface area contributed by atoms with Gasteiger partial charge in [-0.25, -0.2) is 0 Å². The predicted molar refractivity (Wildman–Crippen MR) is 133 cm³/mol. The second kappa shape index (κ2) is 9.84. The van der Waals surface area contributed by atoms with Gasteiger partial charge in [0.2, 0.25) is 11.0 Å². The first-order chi connectivity index (χ1) is 16.7. The van der Waals surface area contributed by atoms with Gasteiger partial charge < -0.3 is 15.0 Å². The normalized spacial score (nSPS) is 17.4. The van der Waals surface area contributed by atoms with Crippen molar-refractivity contribution in [2.75, 3.05) is 25.6 Å². The molecule has 9 heteroatoms. The lowest BCUT2D eigenvalue weighted by Gasteiger charge is -2.41. The minimum atomic E-state index is -0.603. The lowest BCUT2D eigenvalue weighted by atomic mass is 9.81. The van der Waals surface area contributed by atoms with Crippen molar-refractivity contribution in [2.45, 2.75) is 12.0 Å². The standard InChI is InChI=1S/C25H22N4O3S2/c1-32-14-13-29-21(19-12-7-15-33-19)20(17-10-5-6-11-18(17)24(29)31)23(30)27-25-26-22(28-34-25)16-8-3-2-4-9-16/h2-12,15,20-21H,13-14H2,1H3,(H,26,27,28,30). The lowest BCUT2D eigenvalue weighted by Crippen LogP contribution is -2.47. The molecule has 0 saturated carbocycles. The number of nitrogens with zero attached hydrogens (tertiary/aromatic N) is 3. The first-order valence-electron chi connectivity index (χ1n) is 10.8. The fourth-order valence-electron chi connectivity index (χ4n) is 4.25. The molecule has 0 radical (unpaired) electrons. The van der Waals surface area contributed by atoms with E-state index in [9.17, 15) is 9.59 Å². The second-order valence-electron chi connectivity index (χ2n) is 7.79. The van der Waals surface area contributed by atoms with Crippen LogP contribution in [0.3, 0.4) is 0 Å². The van der Waals surface area contributed by atoms with Crippen LogP contribution in [0.4, 0.5) is 5.13 Å². The minimum absolute atomic E-state index is 0.0996. The highest BCUT2D eigenvalue weighted by Crippen LogP contribution is 2.44. The van der Waals surface area contributed by atoms with E-state index in [1.165, 1.54) is 11.3 Å². The smallest absolute Gasteiger partial charge is 0.254 e. The molecule has 3 heterocycles. The van der Waals surface area contributed by atoms with E-state index in [0.717, 1.165) is 22.0 Å². The molecule has 7 nitrogen and oxygen atoms in total. The summed E-state index contributed by atoms with van der Waals surface area (Å²) < 4.78 is 9.68. The van der Waals surface area contributed by atoms with Crippen LogP contribution in [0.1, 0.15) is 32.8 Å². The number of ether oxygens (including phenoxy) is 1. The number of nitrogens with one attached hydrogen (secondary N) is 1. The lowest BCUT2D eigenvalue weighted by molar-refractivity contribution is -0.119. The molecule has 1 aliphatic heterocycles. The molecule has 5 rings (SSSR count). The van der Waals surface area contributed by atoms with Gasteiger partial charge in [0, 0.05) is 41.2 Å². The van der Waals surface area contributed by atoms with E-state index in [1.54, 1.807) is 18.1 Å². The average Bonchev–Trinajstić information content (AvgIpc) is 3.56. The van der Waals surface area contributed by atoms with Crippen LogP contribution >= 0.6 is 22.9 Å². The van der Waals surface area contributed by atoms with Crippen molar-refractivity contribution in [1.29, 1.82) is 0 Å². The van der Waals surface area contributed by atoms with Gasteiger partial charge in [-0.1, -0.05) is 54.6 Å². The molecular weight excluding hydrogens is 468 g/mol. The van der Waals surface area contributed by atoms with Gasteiger partial charge in [-0.05, 0) is 23.1 Å². The number of methoxy groups -OCH3 is 1. The zero-order valence-electron chi connectivity index (χ0n) is 18.4. The fourth-order valence-corrected chi connectivity index (χ4v) is 5.72. The summed E-state index contributed by atoms with van der Waals surface area (Å²) in [6, 6.07) is 20.4. The Morgan fingerprint density at radius 3 is 2.65 bits per heavy atom. The maximum Gasteiger partial charge on any atom is 0.254 e. The Balaban J connectivity index is 1.52. The summed E-state index contributed by atoms with van der Waals surface area (Å²) in [6.07, 6.45) is 0. The van der Waals surface area contributed by atoms with Crippen LogP contribution < -0.4 is 5.32 Å². The van der Waals surface area contributed by atoms with Crippen molar-refractivity contribution in [1.82, 2.24) is 14.3 Å². The number of carbonyl (C=O) groups excluding carboxylic acids is 2. The second-order valence-corrected chi connectivity index (χ2v) is 9.53. The van der Waals surface area contributed by atoms with Crippen LogP contribution in [0.5, 0.6) is 0 Å². The summed E-state index contributed by atoms with van der Waals surface area (Å²) in [6.45, 7) is 0.758. The zero-order chi connectivity index (χ0) is 23.5. The van der Waals surface area contributed by atoms with Crippen molar-refractivity contribution in [3.05, 3.63) is 88.1 Å². The quantitative estimate of drug-likeness (QED) is 0.401. The molecule has 1 aliphatic rings. The fraction of sp³-hybridized carbons (Fsp3) is 0.200. The van der Waals surface area contributed by atoms with Gasteiger partial charge in [0.1, 0.15) is 0 Å². The molecule has 1 N–H and O–H groups in total. The van der Waals surface area contributed by atoms with Crippen LogP contribution in [0.25, 0.3) is 11.4 Å². The van der Waals surface area contributed by atoms with Crippen molar-refractivity contribution >= 4 is 39.8 Å². The molecule has 34 heavy (non-hydrogen) atoms. The molecule has 0 saturated heterocycles. The Morgan fingerprint density at radius 1 is 1.09 bits per heavy atom. The molecular formula is C25H22N4O3S2. The number of hydrogen-bond acceptors (Lipinski definition) is 7. The van der Waals surface area contributed by atoms with Gasteiger partial charge in [0.25, 0.3) is 5.91 Å². The maximum atomic E-state index is 13.8. The summed E-state index contributed by atoms with van der Waals surface area (Å²) in [5.41, 5.74) is 2.13. The minimum Gasteiger partial charge on any atom is -0.383 e. The van der Waals surface area contributed by atoms with Gasteiger partial charge in [0.15, 0.2) is 5.82 Å². The molecule has 0 spiro atoms. The predicted octanol–water partition coefficient (Wildman–Crippen LogP) is 4.83. The van der Waals surface area contributed by atoms with Crippen LogP contribution in [0, 0.1) is 0 Å². The summed E-state index contributed by atoms with van der Waals surface area (Å²) in [4.78, 5) is 34.4. The SMILES string of the molecule is COCCN1C(=O)c2ccccc2C(C(=O)Nc2nc(-c3ccccc3)ns2)C1c1cccs1. The van der Waals surface area contributed by atoms with E-state index in [4.69, 9.17) is 4.74 Å². The molecule has 0 aliphatic carbocycles. The highest BCUT2D eigenvalue weighted by molar-refractivity contribution is 7.10. The third-order valence-electron chi connectivity index (χ3n) is 5.78. The van der Waals surface area contributed by atoms with Crippen LogP contribution in [0.2, 0.25) is 0 Å². The number of rotatable bonds is 7. The maximum absolute atomic E-state index is 13.8. The molecule has 172 valence electrons. The molecule has 0 fully saturated rings. The average molecular weight is 491 g/mol. The van der Waals surface area contributed by atoms with E-state index in [1.807, 2.05) is 66.0 Å². The summed E-state index contributed by atoms with van der Waals surface area (Å²) in [7, 11) is 1.60. The van der Waals surface area contributed by atoms with E-state index in [-0.39, 0.29) is 11.8 Å². The number of thiophene rings is 1. The Morgan fingerprint density at radius 2 is 1.88 bits per heavy atom. The molecule has 2 amide bonds. The topological polar surface area (TPSA) is 84.4 Å². The molecule has 4 aromatic rings. The van der Waals surface area contributed by atoms with Crippen LogP contribution in [-0.2, 0) is 9.53 Å². The van der Waals surface area contributed by atoms with Crippen LogP contribution in [0.15, 0.2) is 72.1 Å².